The zero-order valence-electron chi connectivity index (χ0n) is 8.43. The van der Waals surface area contributed by atoms with Crippen LogP contribution in [0.15, 0.2) is 24.3 Å². The number of hydrogen-bond donors (Lipinski definition) is 1. The highest BCUT2D eigenvalue weighted by Crippen LogP contribution is 2.18. The van der Waals surface area contributed by atoms with E-state index in [0.29, 0.717) is 5.92 Å². The monoisotopic (exact) mass is 199 g/mol. The van der Waals surface area contributed by atoms with E-state index in [1.165, 1.54) is 0 Å². The van der Waals surface area contributed by atoms with E-state index < -0.39 is 6.43 Å². The SMILES string of the molecule is CC(C)c1cccc(NCC(F)F)c1. The maximum absolute atomic E-state index is 11.9. The number of nitrogens with one attached hydrogen (secondary N) is 1. The molecule has 0 radical (unpaired) electrons. The molecule has 78 valence electrons. The van der Waals surface area contributed by atoms with Gasteiger partial charge in [0, 0.05) is 5.69 Å². The molecule has 14 heavy (non-hydrogen) atoms. The van der Waals surface area contributed by atoms with E-state index in [1.54, 1.807) is 6.07 Å². The lowest BCUT2D eigenvalue weighted by Gasteiger charge is -2.09. The van der Waals surface area contributed by atoms with Gasteiger partial charge in [-0.3, -0.25) is 0 Å². The molecule has 0 unspecified atom stereocenters. The second-order valence-corrected chi connectivity index (χ2v) is 3.55. The third-order valence-electron chi connectivity index (χ3n) is 2.01. The second kappa shape index (κ2) is 4.94. The first-order valence-corrected chi connectivity index (χ1v) is 4.71. The van der Waals surface area contributed by atoms with Gasteiger partial charge in [0.05, 0.1) is 6.54 Å². The Morgan fingerprint density at radius 2 is 2.00 bits per heavy atom. The number of benzene rings is 1. The van der Waals surface area contributed by atoms with Crippen molar-refractivity contribution < 1.29 is 8.78 Å². The van der Waals surface area contributed by atoms with Gasteiger partial charge in [0.2, 0.25) is 0 Å². The predicted octanol–water partition coefficient (Wildman–Crippen LogP) is 3.49. The van der Waals surface area contributed by atoms with Gasteiger partial charge in [-0.2, -0.15) is 0 Å². The zero-order chi connectivity index (χ0) is 10.6. The summed E-state index contributed by atoms with van der Waals surface area (Å²) in [5.74, 6) is 0.420. The highest BCUT2D eigenvalue weighted by atomic mass is 19.3. The van der Waals surface area contributed by atoms with E-state index in [4.69, 9.17) is 0 Å². The van der Waals surface area contributed by atoms with Crippen molar-refractivity contribution in [2.75, 3.05) is 11.9 Å². The Balaban J connectivity index is 2.64. The molecule has 0 aliphatic carbocycles. The molecule has 0 fully saturated rings. The molecule has 0 heterocycles. The molecular weight excluding hydrogens is 184 g/mol. The Hall–Kier alpha value is -1.12. The first-order valence-electron chi connectivity index (χ1n) is 4.71. The van der Waals surface area contributed by atoms with Crippen molar-refractivity contribution in [1.29, 1.82) is 0 Å². The lowest BCUT2D eigenvalue weighted by molar-refractivity contribution is 0.163. The van der Waals surface area contributed by atoms with Crippen molar-refractivity contribution in [3.8, 4) is 0 Å². The number of alkyl halides is 2. The topological polar surface area (TPSA) is 12.0 Å². The third kappa shape index (κ3) is 3.32. The van der Waals surface area contributed by atoms with Crippen LogP contribution < -0.4 is 5.32 Å². The van der Waals surface area contributed by atoms with E-state index in [0.717, 1.165) is 11.3 Å². The van der Waals surface area contributed by atoms with Gasteiger partial charge in [0.1, 0.15) is 0 Å². The molecule has 0 saturated heterocycles. The van der Waals surface area contributed by atoms with Gasteiger partial charge in [-0.05, 0) is 23.6 Å². The number of rotatable bonds is 4. The molecular formula is C11H15F2N. The van der Waals surface area contributed by atoms with E-state index in [-0.39, 0.29) is 6.54 Å². The molecule has 0 saturated carbocycles. The van der Waals surface area contributed by atoms with E-state index in [9.17, 15) is 8.78 Å². The summed E-state index contributed by atoms with van der Waals surface area (Å²) >= 11 is 0. The average molecular weight is 199 g/mol. The number of halogens is 2. The van der Waals surface area contributed by atoms with Crippen molar-refractivity contribution in [1.82, 2.24) is 0 Å². The standard InChI is InChI=1S/C11H15F2N/c1-8(2)9-4-3-5-10(6-9)14-7-11(12)13/h3-6,8,11,14H,7H2,1-2H3. The molecule has 0 aliphatic heterocycles. The fourth-order valence-corrected chi connectivity index (χ4v) is 1.20. The third-order valence-corrected chi connectivity index (χ3v) is 2.01. The highest BCUT2D eigenvalue weighted by molar-refractivity contribution is 5.46. The van der Waals surface area contributed by atoms with Gasteiger partial charge in [0.25, 0.3) is 6.43 Å². The Bertz CT molecular complexity index is 284. The Morgan fingerprint density at radius 1 is 1.29 bits per heavy atom. The van der Waals surface area contributed by atoms with E-state index in [2.05, 4.69) is 19.2 Å². The Labute approximate surface area is 83.1 Å². The summed E-state index contributed by atoms with van der Waals surface area (Å²) in [4.78, 5) is 0. The average Bonchev–Trinajstić information content (AvgIpc) is 2.15. The smallest absolute Gasteiger partial charge is 0.255 e. The van der Waals surface area contributed by atoms with Crippen LogP contribution in [0.5, 0.6) is 0 Å². The number of anilines is 1. The molecule has 1 aromatic rings. The predicted molar refractivity (Wildman–Crippen MR) is 55.0 cm³/mol. The maximum Gasteiger partial charge on any atom is 0.255 e. The first kappa shape index (κ1) is 11.0. The summed E-state index contributed by atoms with van der Waals surface area (Å²) in [5, 5.41) is 2.69. The van der Waals surface area contributed by atoms with Crippen molar-refractivity contribution >= 4 is 5.69 Å². The summed E-state index contributed by atoms with van der Waals surface area (Å²) in [7, 11) is 0. The van der Waals surface area contributed by atoms with Gasteiger partial charge in [-0.15, -0.1) is 0 Å². The normalized spacial score (nSPS) is 11.0. The van der Waals surface area contributed by atoms with Crippen LogP contribution in [0.4, 0.5) is 14.5 Å². The molecule has 0 spiro atoms. The summed E-state index contributed by atoms with van der Waals surface area (Å²) in [6.07, 6.45) is -2.31. The van der Waals surface area contributed by atoms with Crippen LogP contribution >= 0.6 is 0 Å². The number of hydrogen-bond acceptors (Lipinski definition) is 1. The van der Waals surface area contributed by atoms with Crippen molar-refractivity contribution in [2.45, 2.75) is 26.2 Å². The van der Waals surface area contributed by atoms with Gasteiger partial charge in [-0.1, -0.05) is 26.0 Å². The highest BCUT2D eigenvalue weighted by Gasteiger charge is 2.03. The Kier molecular flexibility index (Phi) is 3.86. The first-order chi connectivity index (χ1) is 6.59. The lowest BCUT2D eigenvalue weighted by atomic mass is 10.0. The summed E-state index contributed by atoms with van der Waals surface area (Å²) in [5.41, 5.74) is 1.92. The van der Waals surface area contributed by atoms with E-state index >= 15 is 0 Å². The molecule has 1 N–H and O–H groups in total. The van der Waals surface area contributed by atoms with Crippen LogP contribution in [0.1, 0.15) is 25.3 Å². The van der Waals surface area contributed by atoms with Crippen LogP contribution in [-0.4, -0.2) is 13.0 Å². The summed E-state index contributed by atoms with van der Waals surface area (Å²) < 4.78 is 23.8. The minimum absolute atomic E-state index is 0.290. The molecule has 0 aliphatic rings. The van der Waals surface area contributed by atoms with Crippen molar-refractivity contribution in [3.05, 3.63) is 29.8 Å². The van der Waals surface area contributed by atoms with Crippen LogP contribution in [-0.2, 0) is 0 Å². The minimum atomic E-state index is -2.31. The largest absolute Gasteiger partial charge is 0.379 e. The van der Waals surface area contributed by atoms with Gasteiger partial charge in [-0.25, -0.2) is 8.78 Å². The summed E-state index contributed by atoms with van der Waals surface area (Å²) in [6, 6.07) is 7.59. The van der Waals surface area contributed by atoms with Gasteiger partial charge < -0.3 is 5.32 Å². The second-order valence-electron chi connectivity index (χ2n) is 3.55. The van der Waals surface area contributed by atoms with E-state index in [1.807, 2.05) is 18.2 Å². The molecule has 0 amide bonds. The van der Waals surface area contributed by atoms with Crippen LogP contribution in [0.3, 0.4) is 0 Å². The Morgan fingerprint density at radius 3 is 2.57 bits per heavy atom. The zero-order valence-corrected chi connectivity index (χ0v) is 8.43. The van der Waals surface area contributed by atoms with Gasteiger partial charge in [0.15, 0.2) is 0 Å². The molecule has 0 bridgehead atoms. The molecule has 1 nitrogen and oxygen atoms in total. The molecule has 1 rings (SSSR count). The maximum atomic E-state index is 11.9. The molecule has 0 atom stereocenters. The molecule has 0 aromatic heterocycles. The van der Waals surface area contributed by atoms with Crippen LogP contribution in [0, 0.1) is 0 Å². The van der Waals surface area contributed by atoms with Crippen molar-refractivity contribution in [3.63, 3.8) is 0 Å². The molecule has 3 heteroatoms. The summed E-state index contributed by atoms with van der Waals surface area (Å²) in [6.45, 7) is 3.86. The van der Waals surface area contributed by atoms with Crippen LogP contribution in [0.25, 0.3) is 0 Å². The minimum Gasteiger partial charge on any atom is -0.379 e. The lowest BCUT2D eigenvalue weighted by Crippen LogP contribution is -2.10. The van der Waals surface area contributed by atoms with Crippen LogP contribution in [0.2, 0.25) is 0 Å². The molecule has 1 aromatic carbocycles. The van der Waals surface area contributed by atoms with Crippen molar-refractivity contribution in [2.24, 2.45) is 0 Å². The fraction of sp³-hybridized carbons (Fsp3) is 0.455. The quantitative estimate of drug-likeness (QED) is 0.782. The van der Waals surface area contributed by atoms with Gasteiger partial charge >= 0.3 is 0 Å². The fourth-order valence-electron chi connectivity index (χ4n) is 1.20.